The minimum absolute atomic E-state index is 0.00323. The van der Waals surface area contributed by atoms with Crippen LogP contribution in [0.15, 0.2) is 12.5 Å². The van der Waals surface area contributed by atoms with E-state index in [4.69, 9.17) is 4.74 Å². The molecule has 6 heteroatoms. The number of hydrogen-bond donors (Lipinski definition) is 1. The summed E-state index contributed by atoms with van der Waals surface area (Å²) in [6, 6.07) is 0. The highest BCUT2D eigenvalue weighted by Gasteiger charge is 2.20. The van der Waals surface area contributed by atoms with Crippen LogP contribution in [0.1, 0.15) is 10.5 Å². The summed E-state index contributed by atoms with van der Waals surface area (Å²) in [5.41, 5.74) is 0.517. The fraction of sp³-hybridized carbons (Fsp3) is 0.636. The first-order valence-electron chi connectivity index (χ1n) is 5.84. The van der Waals surface area contributed by atoms with Crippen LogP contribution in [0, 0.1) is 0 Å². The Morgan fingerprint density at radius 1 is 1.53 bits per heavy atom. The van der Waals surface area contributed by atoms with Crippen molar-refractivity contribution in [3.8, 4) is 0 Å². The molecule has 0 radical (unpaired) electrons. The van der Waals surface area contributed by atoms with E-state index in [1.165, 1.54) is 0 Å². The topological polar surface area (TPSA) is 59.4 Å². The zero-order valence-corrected chi connectivity index (χ0v) is 10.1. The molecule has 2 rings (SSSR count). The normalized spacial score (nSPS) is 16.2. The Labute approximate surface area is 101 Å². The number of amides is 1. The molecule has 1 amide bonds. The molecule has 6 nitrogen and oxygen atoms in total. The van der Waals surface area contributed by atoms with Gasteiger partial charge in [0.05, 0.1) is 19.5 Å². The summed E-state index contributed by atoms with van der Waals surface area (Å²) in [6.07, 6.45) is 3.50. The number of carbonyl (C=O) groups is 1. The maximum absolute atomic E-state index is 12.1. The van der Waals surface area contributed by atoms with Crippen LogP contribution in [0.3, 0.4) is 0 Å². The molecule has 0 spiro atoms. The second-order valence-electron chi connectivity index (χ2n) is 4.00. The number of rotatable bonds is 4. The maximum Gasteiger partial charge on any atom is 0.274 e. The molecular formula is C11H18N4O2. The van der Waals surface area contributed by atoms with E-state index < -0.39 is 0 Å². The average Bonchev–Trinajstić information content (AvgIpc) is 2.85. The quantitative estimate of drug-likeness (QED) is 0.773. The highest BCUT2D eigenvalue weighted by Crippen LogP contribution is 2.05. The molecule has 0 bridgehead atoms. The lowest BCUT2D eigenvalue weighted by Gasteiger charge is -2.25. The molecule has 0 aliphatic carbocycles. The largest absolute Gasteiger partial charge is 0.378 e. The van der Waals surface area contributed by atoms with E-state index in [1.54, 1.807) is 17.4 Å². The lowest BCUT2D eigenvalue weighted by molar-refractivity contribution is 0.0299. The van der Waals surface area contributed by atoms with Crippen molar-refractivity contribution in [2.75, 3.05) is 39.9 Å². The standard InChI is InChI=1S/C11H18N4O2/c1-12-2-3-14-8-10(13-9-14)11(16)15-4-6-17-7-5-15/h8-9,12H,2-7H2,1H3. The molecule has 1 saturated heterocycles. The Morgan fingerprint density at radius 2 is 2.29 bits per heavy atom. The smallest absolute Gasteiger partial charge is 0.274 e. The molecular weight excluding hydrogens is 220 g/mol. The van der Waals surface area contributed by atoms with Crippen LogP contribution in [0.4, 0.5) is 0 Å². The van der Waals surface area contributed by atoms with Crippen molar-refractivity contribution in [3.05, 3.63) is 18.2 Å². The molecule has 0 aromatic carbocycles. The van der Waals surface area contributed by atoms with E-state index in [-0.39, 0.29) is 5.91 Å². The molecule has 2 heterocycles. The first-order valence-corrected chi connectivity index (χ1v) is 5.84. The minimum atomic E-state index is -0.00323. The van der Waals surface area contributed by atoms with Crippen LogP contribution in [-0.4, -0.2) is 60.3 Å². The van der Waals surface area contributed by atoms with Crippen molar-refractivity contribution in [2.24, 2.45) is 0 Å². The molecule has 1 aliphatic heterocycles. The molecule has 0 atom stereocenters. The first kappa shape index (κ1) is 12.1. The molecule has 0 saturated carbocycles. The van der Waals surface area contributed by atoms with Crippen molar-refractivity contribution in [1.29, 1.82) is 0 Å². The van der Waals surface area contributed by atoms with Gasteiger partial charge < -0.3 is 19.5 Å². The molecule has 1 fully saturated rings. The number of aromatic nitrogens is 2. The van der Waals surface area contributed by atoms with Crippen LogP contribution in [0.2, 0.25) is 0 Å². The zero-order valence-electron chi connectivity index (χ0n) is 10.1. The Hall–Kier alpha value is -1.40. The van der Waals surface area contributed by atoms with Crippen LogP contribution >= 0.6 is 0 Å². The number of likely N-dealkylation sites (N-methyl/N-ethyl adjacent to an activating group) is 1. The van der Waals surface area contributed by atoms with Gasteiger partial charge in [-0.05, 0) is 7.05 Å². The van der Waals surface area contributed by atoms with Gasteiger partial charge in [-0.1, -0.05) is 0 Å². The highest BCUT2D eigenvalue weighted by atomic mass is 16.5. The van der Waals surface area contributed by atoms with E-state index >= 15 is 0 Å². The summed E-state index contributed by atoms with van der Waals surface area (Å²) in [6.45, 7) is 4.23. The Morgan fingerprint density at radius 3 is 3.00 bits per heavy atom. The fourth-order valence-electron chi connectivity index (χ4n) is 1.76. The molecule has 1 aliphatic rings. The number of morpholine rings is 1. The third-order valence-corrected chi connectivity index (χ3v) is 2.77. The Kier molecular flexibility index (Phi) is 4.11. The minimum Gasteiger partial charge on any atom is -0.378 e. The second-order valence-corrected chi connectivity index (χ2v) is 4.00. The lowest BCUT2D eigenvalue weighted by atomic mass is 10.3. The first-order chi connectivity index (χ1) is 8.31. The summed E-state index contributed by atoms with van der Waals surface area (Å²) in [5, 5.41) is 3.06. The molecule has 17 heavy (non-hydrogen) atoms. The summed E-state index contributed by atoms with van der Waals surface area (Å²) in [5.74, 6) is -0.00323. The van der Waals surface area contributed by atoms with Gasteiger partial charge >= 0.3 is 0 Å². The monoisotopic (exact) mass is 238 g/mol. The van der Waals surface area contributed by atoms with Crippen LogP contribution < -0.4 is 5.32 Å². The third kappa shape index (κ3) is 3.04. The van der Waals surface area contributed by atoms with E-state index in [0.29, 0.717) is 32.0 Å². The number of imidazole rings is 1. The zero-order chi connectivity index (χ0) is 12.1. The number of nitrogens with zero attached hydrogens (tertiary/aromatic N) is 3. The number of nitrogens with one attached hydrogen (secondary N) is 1. The SMILES string of the molecule is CNCCn1cnc(C(=O)N2CCOCC2)c1. The predicted octanol–water partition coefficient (Wildman–Crippen LogP) is -0.425. The highest BCUT2D eigenvalue weighted by molar-refractivity contribution is 5.92. The molecule has 94 valence electrons. The fourth-order valence-corrected chi connectivity index (χ4v) is 1.76. The third-order valence-electron chi connectivity index (χ3n) is 2.77. The lowest BCUT2D eigenvalue weighted by Crippen LogP contribution is -2.40. The van der Waals surface area contributed by atoms with Gasteiger partial charge in [-0.3, -0.25) is 4.79 Å². The predicted molar refractivity (Wildman–Crippen MR) is 62.9 cm³/mol. The Bertz CT molecular complexity index is 371. The summed E-state index contributed by atoms with van der Waals surface area (Å²) in [4.78, 5) is 18.0. The van der Waals surface area contributed by atoms with Gasteiger partial charge in [0.15, 0.2) is 0 Å². The average molecular weight is 238 g/mol. The van der Waals surface area contributed by atoms with Crippen molar-refractivity contribution < 1.29 is 9.53 Å². The van der Waals surface area contributed by atoms with Gasteiger partial charge in [0.25, 0.3) is 5.91 Å². The van der Waals surface area contributed by atoms with Crippen LogP contribution in [0.25, 0.3) is 0 Å². The molecule has 0 unspecified atom stereocenters. The summed E-state index contributed by atoms with van der Waals surface area (Å²) >= 11 is 0. The van der Waals surface area contributed by atoms with E-state index in [2.05, 4.69) is 10.3 Å². The van der Waals surface area contributed by atoms with Gasteiger partial charge in [-0.2, -0.15) is 0 Å². The van der Waals surface area contributed by atoms with Crippen molar-refractivity contribution in [1.82, 2.24) is 19.8 Å². The van der Waals surface area contributed by atoms with Gasteiger partial charge in [0.2, 0.25) is 0 Å². The van der Waals surface area contributed by atoms with Crippen molar-refractivity contribution in [3.63, 3.8) is 0 Å². The molecule has 1 aromatic heterocycles. The van der Waals surface area contributed by atoms with Crippen molar-refractivity contribution >= 4 is 5.91 Å². The van der Waals surface area contributed by atoms with Gasteiger partial charge in [0.1, 0.15) is 5.69 Å². The van der Waals surface area contributed by atoms with Gasteiger partial charge in [-0.25, -0.2) is 4.98 Å². The maximum atomic E-state index is 12.1. The molecule has 1 N–H and O–H groups in total. The number of ether oxygens (including phenoxy) is 1. The van der Waals surface area contributed by atoms with E-state index in [1.807, 2.05) is 11.6 Å². The second kappa shape index (κ2) is 5.79. The number of hydrogen-bond acceptors (Lipinski definition) is 4. The van der Waals surface area contributed by atoms with E-state index in [0.717, 1.165) is 13.1 Å². The van der Waals surface area contributed by atoms with Crippen LogP contribution in [0.5, 0.6) is 0 Å². The van der Waals surface area contributed by atoms with Gasteiger partial charge in [-0.15, -0.1) is 0 Å². The Balaban J connectivity index is 1.96. The summed E-state index contributed by atoms with van der Waals surface area (Å²) < 4.78 is 7.14. The molecule has 1 aromatic rings. The van der Waals surface area contributed by atoms with E-state index in [9.17, 15) is 4.79 Å². The summed E-state index contributed by atoms with van der Waals surface area (Å²) in [7, 11) is 1.90. The van der Waals surface area contributed by atoms with Gasteiger partial charge in [0, 0.05) is 32.4 Å². The van der Waals surface area contributed by atoms with Crippen molar-refractivity contribution in [2.45, 2.75) is 6.54 Å². The van der Waals surface area contributed by atoms with Crippen LogP contribution in [-0.2, 0) is 11.3 Å². The number of carbonyl (C=O) groups excluding carboxylic acids is 1.